The van der Waals surface area contributed by atoms with E-state index in [0.717, 1.165) is 44.8 Å². The van der Waals surface area contributed by atoms with Crippen LogP contribution in [0.25, 0.3) is 0 Å². The van der Waals surface area contributed by atoms with Gasteiger partial charge in [-0.1, -0.05) is 50.1 Å². The second-order valence-electron chi connectivity index (χ2n) is 11.7. The van der Waals surface area contributed by atoms with Crippen molar-refractivity contribution in [3.8, 4) is 5.75 Å². The predicted molar refractivity (Wildman–Crippen MR) is 177 cm³/mol. The summed E-state index contributed by atoms with van der Waals surface area (Å²) in [5.41, 5.74) is 1.14. The van der Waals surface area contributed by atoms with E-state index in [0.29, 0.717) is 79.6 Å². The highest BCUT2D eigenvalue weighted by atomic mass is 35.5. The number of carbonyl (C=O) groups is 2. The Morgan fingerprint density at radius 2 is 1.67 bits per heavy atom. The molecule has 2 amide bonds. The molecule has 1 aromatic heterocycles. The highest BCUT2D eigenvalue weighted by Gasteiger charge is 2.25. The smallest absolute Gasteiger partial charge is 0.254 e. The molecule has 248 valence electrons. The van der Waals surface area contributed by atoms with E-state index in [2.05, 4.69) is 20.6 Å². The van der Waals surface area contributed by atoms with Crippen LogP contribution in [0, 0.1) is 5.92 Å². The third-order valence-electron chi connectivity index (χ3n) is 8.54. The van der Waals surface area contributed by atoms with Crippen LogP contribution in [0.15, 0.2) is 24.4 Å². The number of rotatable bonds is 18. The molecule has 1 saturated carbocycles. The highest BCUT2D eigenvalue weighted by molar-refractivity contribution is 6.32. The minimum atomic E-state index is -0.0926. The van der Waals surface area contributed by atoms with Crippen LogP contribution in [-0.4, -0.2) is 98.3 Å². The number of carbonyl (C=O) groups excluding carboxylic acids is 2. The Bertz CT molecular complexity index is 1220. The molecule has 0 spiro atoms. The minimum Gasteiger partial charge on any atom is -0.495 e. The molecule has 12 heteroatoms. The van der Waals surface area contributed by atoms with E-state index < -0.39 is 0 Å². The van der Waals surface area contributed by atoms with Crippen molar-refractivity contribution in [3.05, 3.63) is 35.0 Å². The maximum Gasteiger partial charge on any atom is 0.254 e. The molecule has 0 unspecified atom stereocenters. The van der Waals surface area contributed by atoms with Gasteiger partial charge in [-0.2, -0.15) is 4.98 Å². The van der Waals surface area contributed by atoms with E-state index in [1.807, 2.05) is 4.90 Å². The van der Waals surface area contributed by atoms with Gasteiger partial charge in [-0.15, -0.1) is 0 Å². The van der Waals surface area contributed by atoms with Gasteiger partial charge < -0.3 is 34.6 Å². The molecular weight excluding hydrogens is 596 g/mol. The van der Waals surface area contributed by atoms with Gasteiger partial charge in [-0.3, -0.25) is 9.59 Å². The summed E-state index contributed by atoms with van der Waals surface area (Å²) >= 11 is 6.08. The lowest BCUT2D eigenvalue weighted by Crippen LogP contribution is -2.50. The first kappa shape index (κ1) is 34.7. The summed E-state index contributed by atoms with van der Waals surface area (Å²) in [5, 5.41) is 6.44. The summed E-state index contributed by atoms with van der Waals surface area (Å²) in [6, 6.07) is 5.21. The van der Waals surface area contributed by atoms with Gasteiger partial charge in [0.25, 0.3) is 5.91 Å². The van der Waals surface area contributed by atoms with Crippen LogP contribution in [0.2, 0.25) is 5.02 Å². The monoisotopic (exact) mass is 644 g/mol. The Morgan fingerprint density at radius 3 is 2.40 bits per heavy atom. The van der Waals surface area contributed by atoms with Crippen molar-refractivity contribution >= 4 is 40.9 Å². The van der Waals surface area contributed by atoms with E-state index in [-0.39, 0.29) is 11.8 Å². The van der Waals surface area contributed by atoms with Crippen molar-refractivity contribution < 1.29 is 23.8 Å². The zero-order chi connectivity index (χ0) is 31.9. The molecule has 1 aliphatic heterocycles. The molecule has 2 fully saturated rings. The number of piperazine rings is 1. The first-order valence-corrected chi connectivity index (χ1v) is 16.7. The van der Waals surface area contributed by atoms with Gasteiger partial charge >= 0.3 is 0 Å². The molecule has 1 aromatic carbocycles. The molecular formula is C33H49ClN6O5. The van der Waals surface area contributed by atoms with Crippen LogP contribution in [-0.2, 0) is 14.3 Å². The zero-order valence-electron chi connectivity index (χ0n) is 26.8. The summed E-state index contributed by atoms with van der Waals surface area (Å²) in [6.45, 7) is 5.02. The van der Waals surface area contributed by atoms with Crippen LogP contribution in [0.5, 0.6) is 5.75 Å². The summed E-state index contributed by atoms with van der Waals surface area (Å²) in [5.74, 6) is 2.28. The number of aromatic nitrogens is 2. The number of nitrogens with zero attached hydrogens (tertiary/aromatic N) is 4. The first-order chi connectivity index (χ1) is 22.0. The number of unbranched alkanes of at least 4 members (excludes halogenated alkanes) is 3. The molecule has 4 rings (SSSR count). The quantitative estimate of drug-likeness (QED) is 0.195. The van der Waals surface area contributed by atoms with Crippen LogP contribution >= 0.6 is 11.6 Å². The largest absolute Gasteiger partial charge is 0.495 e. The fraction of sp³-hybridized carbons (Fsp3) is 0.636. The van der Waals surface area contributed by atoms with Gasteiger partial charge in [0.2, 0.25) is 11.9 Å². The zero-order valence-corrected chi connectivity index (χ0v) is 27.6. The number of nitrogens with one attached hydrogen (secondary N) is 2. The van der Waals surface area contributed by atoms with Crippen molar-refractivity contribution in [1.29, 1.82) is 0 Å². The third-order valence-corrected chi connectivity index (χ3v) is 8.82. The Kier molecular flexibility index (Phi) is 14.5. The lowest BCUT2D eigenvalue weighted by molar-refractivity contribution is -0.132. The number of methoxy groups -OCH3 is 1. The summed E-state index contributed by atoms with van der Waals surface area (Å²) in [7, 11) is 3.27. The SMILES string of the molecule is CNc1nc(Nc2ccc(C(=O)N3CCN(C(=O)CCCCCCOCCOCCC4CCCC4)CC3)cc2OC)ncc1Cl. The topological polar surface area (TPSA) is 118 Å². The molecule has 1 saturated heterocycles. The maximum absolute atomic E-state index is 13.3. The average molecular weight is 645 g/mol. The Morgan fingerprint density at radius 1 is 0.956 bits per heavy atom. The summed E-state index contributed by atoms with van der Waals surface area (Å²) < 4.78 is 16.9. The van der Waals surface area contributed by atoms with Gasteiger partial charge in [-0.05, 0) is 43.4 Å². The van der Waals surface area contributed by atoms with E-state index in [9.17, 15) is 9.59 Å². The molecule has 45 heavy (non-hydrogen) atoms. The standard InChI is InChI=1S/C33H49ClN6O5/c1-35-31-27(34)24-36-33(38-31)37-28-13-12-26(23-29(28)43-2)32(42)40-17-15-39(16-18-40)30(41)11-5-3-4-8-19-44-21-22-45-20-14-25-9-6-7-10-25/h12-13,23-25H,3-11,14-22H2,1-2H3,(H2,35,36,37,38). The number of amides is 2. The number of anilines is 3. The second kappa shape index (κ2) is 18.7. The van der Waals surface area contributed by atoms with Crippen LogP contribution in [0.3, 0.4) is 0 Å². The van der Waals surface area contributed by atoms with Crippen molar-refractivity contribution in [2.75, 3.05) is 77.4 Å². The van der Waals surface area contributed by atoms with Gasteiger partial charge in [0.15, 0.2) is 0 Å². The fourth-order valence-electron chi connectivity index (χ4n) is 5.86. The summed E-state index contributed by atoms with van der Waals surface area (Å²) in [4.78, 5) is 38.2. The minimum absolute atomic E-state index is 0.0926. The molecule has 2 aliphatic rings. The molecule has 2 N–H and O–H groups in total. The van der Waals surface area contributed by atoms with E-state index in [1.54, 1.807) is 37.3 Å². The van der Waals surface area contributed by atoms with Gasteiger partial charge in [0.1, 0.15) is 16.6 Å². The lowest BCUT2D eigenvalue weighted by atomic mass is 10.1. The molecule has 0 bridgehead atoms. The van der Waals surface area contributed by atoms with Crippen molar-refractivity contribution in [3.63, 3.8) is 0 Å². The number of ether oxygens (including phenoxy) is 3. The molecule has 2 aromatic rings. The fourth-order valence-corrected chi connectivity index (χ4v) is 6.04. The van der Waals surface area contributed by atoms with Gasteiger partial charge in [-0.25, -0.2) is 4.98 Å². The molecule has 11 nitrogen and oxygen atoms in total. The van der Waals surface area contributed by atoms with Crippen molar-refractivity contribution in [1.82, 2.24) is 19.8 Å². The lowest BCUT2D eigenvalue weighted by Gasteiger charge is -2.35. The molecule has 0 radical (unpaired) electrons. The van der Waals surface area contributed by atoms with Gasteiger partial charge in [0.05, 0.1) is 32.2 Å². The molecule has 0 atom stereocenters. The molecule has 1 aliphatic carbocycles. The highest BCUT2D eigenvalue weighted by Crippen LogP contribution is 2.30. The normalized spacial score (nSPS) is 15.4. The maximum atomic E-state index is 13.3. The Labute approximate surface area is 272 Å². The number of hydrogen-bond donors (Lipinski definition) is 2. The molecule has 2 heterocycles. The first-order valence-electron chi connectivity index (χ1n) is 16.4. The van der Waals surface area contributed by atoms with E-state index in [4.69, 9.17) is 25.8 Å². The van der Waals surface area contributed by atoms with Gasteiger partial charge in [0, 0.05) is 58.4 Å². The van der Waals surface area contributed by atoms with Crippen LogP contribution < -0.4 is 15.4 Å². The average Bonchev–Trinajstić information content (AvgIpc) is 3.59. The number of halogens is 1. The Balaban J connectivity index is 1.08. The Hall–Kier alpha value is -3.15. The summed E-state index contributed by atoms with van der Waals surface area (Å²) in [6.07, 6.45) is 12.7. The van der Waals surface area contributed by atoms with E-state index >= 15 is 0 Å². The van der Waals surface area contributed by atoms with Crippen molar-refractivity contribution in [2.24, 2.45) is 5.92 Å². The van der Waals surface area contributed by atoms with Crippen molar-refractivity contribution in [2.45, 2.75) is 64.2 Å². The number of hydrogen-bond acceptors (Lipinski definition) is 9. The second-order valence-corrected chi connectivity index (χ2v) is 12.1. The third kappa shape index (κ3) is 11.0. The van der Waals surface area contributed by atoms with E-state index in [1.165, 1.54) is 38.3 Å². The van der Waals surface area contributed by atoms with Crippen LogP contribution in [0.4, 0.5) is 17.5 Å². The number of benzene rings is 1. The predicted octanol–water partition coefficient (Wildman–Crippen LogP) is 5.77. The van der Waals surface area contributed by atoms with Crippen LogP contribution in [0.1, 0.15) is 74.6 Å².